The minimum absolute atomic E-state index is 0.407. The van der Waals surface area contributed by atoms with Crippen molar-refractivity contribution in [3.8, 4) is 17.6 Å². The highest BCUT2D eigenvalue weighted by Gasteiger charge is 2.23. The first-order valence-corrected chi connectivity index (χ1v) is 15.8. The van der Waals surface area contributed by atoms with Crippen LogP contribution in [0.25, 0.3) is 0 Å². The van der Waals surface area contributed by atoms with Crippen LogP contribution in [0.5, 0.6) is 17.6 Å². The lowest BCUT2D eigenvalue weighted by Crippen LogP contribution is -2.32. The fourth-order valence-electron chi connectivity index (χ4n) is 2.33. The minimum atomic E-state index is -1.81. The first-order chi connectivity index (χ1) is 12.1. The zero-order valence-electron chi connectivity index (χ0n) is 16.9. The summed E-state index contributed by atoms with van der Waals surface area (Å²) in [6.07, 6.45) is 2.51. The van der Waals surface area contributed by atoms with Gasteiger partial charge in [-0.2, -0.15) is 4.98 Å². The van der Waals surface area contributed by atoms with Gasteiger partial charge in [-0.05, 0) is 63.9 Å². The largest absolute Gasteiger partial charge is 0.531 e. The fraction of sp³-hybridized carbons (Fsp3) is 0.474. The highest BCUT2D eigenvalue weighted by Crippen LogP contribution is 2.26. The molecule has 5 nitrogen and oxygen atoms in total. The van der Waals surface area contributed by atoms with Gasteiger partial charge < -0.3 is 13.6 Å². The second-order valence-electron chi connectivity index (χ2n) is 8.17. The molecule has 142 valence electrons. The molecule has 0 spiro atoms. The molecule has 0 amide bonds. The standard InChI is InChI=1S/C19H30N2O3Si2/c1-8-22-17-11-9-10-15(13-17)12-16-14-20-19(24-26(5,6)7)21-18(16)23-25(2,3)4/h9-11,13-14H,8,12H2,1-7H3. The second kappa shape index (κ2) is 8.22. The summed E-state index contributed by atoms with van der Waals surface area (Å²) in [6.45, 7) is 15.4. The molecular weight excluding hydrogens is 360 g/mol. The zero-order chi connectivity index (χ0) is 19.4. The highest BCUT2D eigenvalue weighted by atomic mass is 28.4. The third-order valence-electron chi connectivity index (χ3n) is 3.21. The van der Waals surface area contributed by atoms with Crippen molar-refractivity contribution < 1.29 is 13.6 Å². The van der Waals surface area contributed by atoms with E-state index in [2.05, 4.69) is 55.3 Å². The predicted octanol–water partition coefficient (Wildman–Crippen LogP) is 4.89. The summed E-state index contributed by atoms with van der Waals surface area (Å²) >= 11 is 0. The molecule has 7 heteroatoms. The van der Waals surface area contributed by atoms with Gasteiger partial charge in [-0.25, -0.2) is 4.98 Å². The number of nitrogens with zero attached hydrogens (tertiary/aromatic N) is 2. The lowest BCUT2D eigenvalue weighted by molar-refractivity contribution is 0.340. The Morgan fingerprint density at radius 3 is 2.27 bits per heavy atom. The zero-order valence-corrected chi connectivity index (χ0v) is 18.9. The molecule has 0 aliphatic rings. The van der Waals surface area contributed by atoms with Crippen LogP contribution in [0, 0.1) is 0 Å². The van der Waals surface area contributed by atoms with Gasteiger partial charge in [0.15, 0.2) is 0 Å². The maximum atomic E-state index is 6.23. The average Bonchev–Trinajstić information content (AvgIpc) is 2.47. The monoisotopic (exact) mass is 390 g/mol. The van der Waals surface area contributed by atoms with Crippen LogP contribution in [-0.4, -0.2) is 33.2 Å². The van der Waals surface area contributed by atoms with Crippen LogP contribution in [0.4, 0.5) is 0 Å². The van der Waals surface area contributed by atoms with E-state index < -0.39 is 16.6 Å². The molecule has 0 radical (unpaired) electrons. The summed E-state index contributed by atoms with van der Waals surface area (Å²) in [5.74, 6) is 1.51. The highest BCUT2D eigenvalue weighted by molar-refractivity contribution is 6.70. The van der Waals surface area contributed by atoms with Crippen molar-refractivity contribution >= 4 is 16.6 Å². The van der Waals surface area contributed by atoms with Gasteiger partial charge in [-0.15, -0.1) is 0 Å². The molecule has 0 N–H and O–H groups in total. The first kappa shape index (κ1) is 20.4. The number of benzene rings is 1. The van der Waals surface area contributed by atoms with Crippen LogP contribution >= 0.6 is 0 Å². The molecule has 0 atom stereocenters. The van der Waals surface area contributed by atoms with Crippen molar-refractivity contribution in [2.45, 2.75) is 52.6 Å². The van der Waals surface area contributed by atoms with Gasteiger partial charge in [-0.1, -0.05) is 12.1 Å². The van der Waals surface area contributed by atoms with Crippen molar-refractivity contribution in [3.05, 3.63) is 41.6 Å². The Labute approximate surface area is 159 Å². The van der Waals surface area contributed by atoms with Gasteiger partial charge in [0.25, 0.3) is 0 Å². The minimum Gasteiger partial charge on any atom is -0.531 e. The van der Waals surface area contributed by atoms with E-state index in [0.29, 0.717) is 24.9 Å². The van der Waals surface area contributed by atoms with Crippen LogP contribution in [0.1, 0.15) is 18.1 Å². The molecular formula is C19H30N2O3Si2. The molecule has 2 aromatic rings. The Balaban J connectivity index is 2.32. The quantitative estimate of drug-likeness (QED) is 0.600. The summed E-state index contributed by atoms with van der Waals surface area (Å²) in [7, 11) is -3.58. The summed E-state index contributed by atoms with van der Waals surface area (Å²) in [5.41, 5.74) is 2.10. The molecule has 0 saturated heterocycles. The van der Waals surface area contributed by atoms with Crippen molar-refractivity contribution in [2.24, 2.45) is 0 Å². The van der Waals surface area contributed by atoms with Gasteiger partial charge in [0.1, 0.15) is 5.75 Å². The maximum Gasteiger partial charge on any atom is 0.305 e. The van der Waals surface area contributed by atoms with Crippen LogP contribution in [0.2, 0.25) is 39.3 Å². The number of rotatable bonds is 8. The molecule has 2 rings (SSSR count). The van der Waals surface area contributed by atoms with Crippen molar-refractivity contribution in [3.63, 3.8) is 0 Å². The Morgan fingerprint density at radius 1 is 0.962 bits per heavy atom. The van der Waals surface area contributed by atoms with Gasteiger partial charge in [0.2, 0.25) is 22.5 Å². The first-order valence-electron chi connectivity index (χ1n) is 9.01. The smallest absolute Gasteiger partial charge is 0.305 e. The molecule has 0 bridgehead atoms. The molecule has 1 aromatic carbocycles. The number of hydrogen-bond donors (Lipinski definition) is 0. The third-order valence-corrected chi connectivity index (χ3v) is 4.81. The van der Waals surface area contributed by atoms with E-state index in [1.807, 2.05) is 31.3 Å². The van der Waals surface area contributed by atoms with Crippen molar-refractivity contribution in [1.82, 2.24) is 9.97 Å². The fourth-order valence-corrected chi connectivity index (χ4v) is 3.73. The summed E-state index contributed by atoms with van der Waals surface area (Å²) in [4.78, 5) is 9.00. The summed E-state index contributed by atoms with van der Waals surface area (Å²) in [6, 6.07) is 8.50. The van der Waals surface area contributed by atoms with Crippen LogP contribution in [-0.2, 0) is 6.42 Å². The molecule has 0 unspecified atom stereocenters. The molecule has 26 heavy (non-hydrogen) atoms. The van der Waals surface area contributed by atoms with Crippen molar-refractivity contribution in [2.75, 3.05) is 6.61 Å². The number of aromatic nitrogens is 2. The van der Waals surface area contributed by atoms with Crippen LogP contribution < -0.4 is 13.6 Å². The predicted molar refractivity (Wildman–Crippen MR) is 110 cm³/mol. The third kappa shape index (κ3) is 6.80. The van der Waals surface area contributed by atoms with Gasteiger partial charge in [0.05, 0.1) is 6.61 Å². The second-order valence-corrected chi connectivity index (χ2v) is 17.0. The molecule has 0 aliphatic heterocycles. The number of hydrogen-bond acceptors (Lipinski definition) is 5. The Bertz CT molecular complexity index is 740. The van der Waals surface area contributed by atoms with E-state index >= 15 is 0 Å². The molecule has 0 aliphatic carbocycles. The maximum absolute atomic E-state index is 6.23. The Kier molecular flexibility index (Phi) is 6.46. The molecule has 0 fully saturated rings. The lowest BCUT2D eigenvalue weighted by atomic mass is 10.1. The van der Waals surface area contributed by atoms with E-state index in [1.54, 1.807) is 0 Å². The topological polar surface area (TPSA) is 53.5 Å². The van der Waals surface area contributed by atoms with Crippen molar-refractivity contribution in [1.29, 1.82) is 0 Å². The van der Waals surface area contributed by atoms with Gasteiger partial charge in [0, 0.05) is 18.2 Å². The molecule has 0 saturated carbocycles. The molecule has 1 heterocycles. The van der Waals surface area contributed by atoms with Gasteiger partial charge in [-0.3, -0.25) is 0 Å². The SMILES string of the molecule is CCOc1cccc(Cc2cnc(O[Si](C)(C)C)nc2O[Si](C)(C)C)c1. The van der Waals surface area contributed by atoms with E-state index in [9.17, 15) is 0 Å². The average molecular weight is 391 g/mol. The van der Waals surface area contributed by atoms with Crippen LogP contribution in [0.3, 0.4) is 0 Å². The van der Waals surface area contributed by atoms with Crippen LogP contribution in [0.15, 0.2) is 30.5 Å². The normalized spacial score (nSPS) is 12.0. The summed E-state index contributed by atoms with van der Waals surface area (Å²) < 4.78 is 17.8. The lowest BCUT2D eigenvalue weighted by Gasteiger charge is -2.22. The van der Waals surface area contributed by atoms with E-state index in [4.69, 9.17) is 13.6 Å². The van der Waals surface area contributed by atoms with E-state index in [-0.39, 0.29) is 0 Å². The number of ether oxygens (including phenoxy) is 1. The van der Waals surface area contributed by atoms with E-state index in [1.165, 1.54) is 0 Å². The van der Waals surface area contributed by atoms with E-state index in [0.717, 1.165) is 16.9 Å². The van der Waals surface area contributed by atoms with Gasteiger partial charge >= 0.3 is 6.01 Å². The Morgan fingerprint density at radius 2 is 1.65 bits per heavy atom. The molecule has 1 aromatic heterocycles. The Hall–Kier alpha value is -1.87. The summed E-state index contributed by atoms with van der Waals surface area (Å²) in [5, 5.41) is 0.